The molecule has 4 amide bonds. The second kappa shape index (κ2) is 10.3. The summed E-state index contributed by atoms with van der Waals surface area (Å²) in [4.78, 5) is 47.1. The lowest BCUT2D eigenvalue weighted by Gasteiger charge is -2.45. The molecule has 3 N–H and O–H groups in total. The summed E-state index contributed by atoms with van der Waals surface area (Å²) in [5.74, 6) is 1.65. The molecule has 0 aliphatic carbocycles. The van der Waals surface area contributed by atoms with Crippen LogP contribution in [0.1, 0.15) is 18.1 Å². The van der Waals surface area contributed by atoms with E-state index in [-0.39, 0.29) is 50.4 Å². The summed E-state index contributed by atoms with van der Waals surface area (Å²) in [7, 11) is 0. The van der Waals surface area contributed by atoms with E-state index in [2.05, 4.69) is 16.2 Å². The van der Waals surface area contributed by atoms with Crippen molar-refractivity contribution >= 4 is 44.5 Å². The number of amides is 4. The zero-order chi connectivity index (χ0) is 27.0. The van der Waals surface area contributed by atoms with Crippen LogP contribution in [0, 0.1) is 18.2 Å². The molecule has 2 atom stereocenters. The molecule has 0 saturated carbocycles. The molecule has 196 valence electrons. The molecule has 2 fully saturated rings. The highest BCUT2D eigenvalue weighted by molar-refractivity contribution is 7.22. The van der Waals surface area contributed by atoms with Crippen LogP contribution >= 0.6 is 11.3 Å². The number of para-hydroxylation sites is 1. The number of anilines is 1. The number of rotatable bonds is 6. The normalized spacial score (nSPS) is 19.5. The minimum Gasteiger partial charge on any atom is -0.375 e. The number of hydrogen-bond acceptors (Lipinski definition) is 7. The van der Waals surface area contributed by atoms with E-state index < -0.39 is 18.2 Å². The van der Waals surface area contributed by atoms with Crippen LogP contribution < -0.4 is 11.1 Å². The predicted molar refractivity (Wildman–Crippen MR) is 140 cm³/mol. The van der Waals surface area contributed by atoms with Crippen LogP contribution in [-0.2, 0) is 22.7 Å². The maximum absolute atomic E-state index is 13.3. The van der Waals surface area contributed by atoms with Gasteiger partial charge in [0.05, 0.1) is 29.9 Å². The van der Waals surface area contributed by atoms with Gasteiger partial charge in [0.15, 0.2) is 5.13 Å². The van der Waals surface area contributed by atoms with E-state index in [0.717, 1.165) is 15.8 Å². The minimum atomic E-state index is -0.721. The van der Waals surface area contributed by atoms with E-state index in [9.17, 15) is 18.8 Å². The first-order valence-electron chi connectivity index (χ1n) is 12.0. The summed E-state index contributed by atoms with van der Waals surface area (Å²) in [5.41, 5.74) is 8.20. The van der Waals surface area contributed by atoms with E-state index in [1.165, 1.54) is 33.4 Å². The fourth-order valence-corrected chi connectivity index (χ4v) is 5.73. The summed E-state index contributed by atoms with van der Waals surface area (Å²) in [6, 6.07) is 10.3. The Kier molecular flexibility index (Phi) is 6.88. The first kappa shape index (κ1) is 25.4. The van der Waals surface area contributed by atoms with Gasteiger partial charge < -0.3 is 20.9 Å². The molecular weight excluding hydrogens is 509 g/mol. The number of nitrogens with zero attached hydrogens (tertiary/aromatic N) is 5. The average Bonchev–Trinajstić information content (AvgIpc) is 3.44. The lowest BCUT2D eigenvalue weighted by molar-refractivity contribution is -0.156. The van der Waals surface area contributed by atoms with Gasteiger partial charge in [-0.2, -0.15) is 5.01 Å². The van der Waals surface area contributed by atoms with Crippen molar-refractivity contribution in [3.05, 3.63) is 59.4 Å². The van der Waals surface area contributed by atoms with E-state index >= 15 is 0 Å². The third-order valence-corrected chi connectivity index (χ3v) is 7.59. The standard InChI is InChI=1S/C26H26FN7O3S/c1-3-11-32(26(37)29-12-17-7-9-19(27)10-8-17)33-15-22(35)34-16(2)24(36)31(14-21(33)34)13-18-5-4-6-20-23(18)30-25(28)38-20/h1,4-10,16,21H,11-15H2,2H3,(H2,28,30)(H,29,37)/t16?,21-/m1/s1. The molecule has 3 heterocycles. The van der Waals surface area contributed by atoms with Gasteiger partial charge in [0.1, 0.15) is 18.0 Å². The molecule has 2 aliphatic heterocycles. The molecule has 2 aliphatic rings. The number of nitrogen functional groups attached to an aromatic ring is 1. The highest BCUT2D eigenvalue weighted by Gasteiger charge is 2.50. The minimum absolute atomic E-state index is 0.0768. The van der Waals surface area contributed by atoms with Gasteiger partial charge in [-0.1, -0.05) is 41.5 Å². The predicted octanol–water partition coefficient (Wildman–Crippen LogP) is 1.98. The molecule has 1 unspecified atom stereocenters. The summed E-state index contributed by atoms with van der Waals surface area (Å²) in [6.45, 7) is 2.12. The number of terminal acetylenes is 1. The maximum atomic E-state index is 13.3. The summed E-state index contributed by atoms with van der Waals surface area (Å²) < 4.78 is 14.1. The highest BCUT2D eigenvalue weighted by Crippen LogP contribution is 2.31. The number of aromatic nitrogens is 1. The average molecular weight is 536 g/mol. The molecule has 5 rings (SSSR count). The lowest BCUT2D eigenvalue weighted by atomic mass is 10.1. The topological polar surface area (TPSA) is 115 Å². The van der Waals surface area contributed by atoms with Crippen LogP contribution in [0.15, 0.2) is 42.5 Å². The van der Waals surface area contributed by atoms with Gasteiger partial charge in [0.2, 0.25) is 11.8 Å². The number of benzene rings is 2. The van der Waals surface area contributed by atoms with Gasteiger partial charge >= 0.3 is 6.03 Å². The van der Waals surface area contributed by atoms with Crippen molar-refractivity contribution in [1.82, 2.24) is 30.1 Å². The largest absolute Gasteiger partial charge is 0.375 e. The van der Waals surface area contributed by atoms with Crippen LogP contribution in [0.5, 0.6) is 0 Å². The van der Waals surface area contributed by atoms with Crippen molar-refractivity contribution in [2.75, 3.05) is 25.4 Å². The monoisotopic (exact) mass is 535 g/mol. The molecule has 0 radical (unpaired) electrons. The number of halogens is 1. The van der Waals surface area contributed by atoms with Crippen LogP contribution in [0.3, 0.4) is 0 Å². The molecule has 1 aromatic heterocycles. The second-order valence-corrected chi connectivity index (χ2v) is 10.2. The Balaban J connectivity index is 1.37. The van der Waals surface area contributed by atoms with Crippen LogP contribution in [-0.4, -0.2) is 74.5 Å². The smallest absolute Gasteiger partial charge is 0.333 e. The van der Waals surface area contributed by atoms with E-state index in [1.54, 1.807) is 29.0 Å². The Morgan fingerprint density at radius 2 is 2.05 bits per heavy atom. The van der Waals surface area contributed by atoms with E-state index in [0.29, 0.717) is 10.7 Å². The van der Waals surface area contributed by atoms with E-state index in [1.807, 2.05) is 18.2 Å². The van der Waals surface area contributed by atoms with Gasteiger partial charge in [-0.3, -0.25) is 9.59 Å². The summed E-state index contributed by atoms with van der Waals surface area (Å²) >= 11 is 1.38. The molecule has 2 aromatic carbocycles. The Hall–Kier alpha value is -4.21. The lowest BCUT2D eigenvalue weighted by Crippen LogP contribution is -2.64. The first-order chi connectivity index (χ1) is 18.3. The molecule has 12 heteroatoms. The van der Waals surface area contributed by atoms with Crippen molar-refractivity contribution in [1.29, 1.82) is 0 Å². The third-order valence-electron chi connectivity index (χ3n) is 6.74. The number of urea groups is 1. The Labute approximate surface area is 222 Å². The van der Waals surface area contributed by atoms with E-state index in [4.69, 9.17) is 12.2 Å². The van der Waals surface area contributed by atoms with Crippen molar-refractivity contribution in [3.63, 3.8) is 0 Å². The molecule has 0 bridgehead atoms. The zero-order valence-corrected chi connectivity index (χ0v) is 21.4. The van der Waals surface area contributed by atoms with Gasteiger partial charge in [-0.15, -0.1) is 6.42 Å². The van der Waals surface area contributed by atoms with Crippen molar-refractivity contribution < 1.29 is 18.8 Å². The number of hydrogen-bond donors (Lipinski definition) is 2. The number of piperazine rings is 1. The van der Waals surface area contributed by atoms with Crippen molar-refractivity contribution in [2.45, 2.75) is 32.2 Å². The molecule has 10 nitrogen and oxygen atoms in total. The number of nitrogens with one attached hydrogen (secondary N) is 1. The van der Waals surface area contributed by atoms with Crippen LogP contribution in [0.25, 0.3) is 10.2 Å². The van der Waals surface area contributed by atoms with Gasteiger partial charge in [-0.25, -0.2) is 19.2 Å². The summed E-state index contributed by atoms with van der Waals surface area (Å²) in [6.07, 6.45) is 4.99. The number of hydrazine groups is 1. The Bertz CT molecular complexity index is 1440. The molecular formula is C26H26FN7O3S. The van der Waals surface area contributed by atoms with Gasteiger partial charge in [-0.05, 0) is 36.2 Å². The Morgan fingerprint density at radius 1 is 1.29 bits per heavy atom. The molecule has 0 spiro atoms. The molecule has 38 heavy (non-hydrogen) atoms. The quantitative estimate of drug-likeness (QED) is 0.467. The molecule has 2 saturated heterocycles. The zero-order valence-electron chi connectivity index (χ0n) is 20.6. The van der Waals surface area contributed by atoms with Gasteiger partial charge in [0.25, 0.3) is 0 Å². The number of fused-ring (bicyclic) bond motifs is 2. The highest BCUT2D eigenvalue weighted by atomic mass is 32.1. The number of carbonyl (C=O) groups excluding carboxylic acids is 3. The number of nitrogens with two attached hydrogens (primary N) is 1. The first-order valence-corrected chi connectivity index (χ1v) is 12.8. The fraction of sp³-hybridized carbons (Fsp3) is 0.308. The maximum Gasteiger partial charge on any atom is 0.333 e. The van der Waals surface area contributed by atoms with Gasteiger partial charge in [0, 0.05) is 13.1 Å². The van der Waals surface area contributed by atoms with Crippen LogP contribution in [0.2, 0.25) is 0 Å². The summed E-state index contributed by atoms with van der Waals surface area (Å²) in [5, 5.41) is 6.15. The number of carbonyl (C=O) groups is 3. The molecule has 3 aromatic rings. The fourth-order valence-electron chi connectivity index (χ4n) is 4.94. The Morgan fingerprint density at radius 3 is 2.79 bits per heavy atom. The van der Waals surface area contributed by atoms with Crippen molar-refractivity contribution in [2.24, 2.45) is 0 Å². The SMILES string of the molecule is C#CCN(C(=O)NCc1ccc(F)cc1)N1CC(=O)N2C(C)C(=O)N(Cc3cccc4sc(N)nc34)C[C@@H]21. The van der Waals surface area contributed by atoms with Crippen LogP contribution in [0.4, 0.5) is 14.3 Å². The number of thiazole rings is 1. The van der Waals surface area contributed by atoms with Crippen molar-refractivity contribution in [3.8, 4) is 12.3 Å². The third kappa shape index (κ3) is 4.73. The second-order valence-electron chi connectivity index (χ2n) is 9.14.